The summed E-state index contributed by atoms with van der Waals surface area (Å²) < 4.78 is 13.7. The molecule has 0 bridgehead atoms. The molecule has 9 nitrogen and oxygen atoms in total. The first-order valence-corrected chi connectivity index (χ1v) is 13.5. The largest absolute Gasteiger partial charge is 0.478 e. The summed E-state index contributed by atoms with van der Waals surface area (Å²) in [6.07, 6.45) is 2.37. The second-order valence-electron chi connectivity index (χ2n) is 10.8. The normalized spacial score (nSPS) is 19.1. The van der Waals surface area contributed by atoms with Gasteiger partial charge in [-0.25, -0.2) is 14.6 Å². The van der Waals surface area contributed by atoms with Crippen molar-refractivity contribution in [1.29, 1.82) is 0 Å². The zero-order valence-corrected chi connectivity index (χ0v) is 22.8. The van der Waals surface area contributed by atoms with E-state index in [-0.39, 0.29) is 18.1 Å². The number of amides is 1. The topological polar surface area (TPSA) is 105 Å². The number of nitrogens with zero attached hydrogens (tertiary/aromatic N) is 3. The number of carboxylic acid groups (broad SMARTS) is 1. The standard InChI is InChI=1S/C27H34N4O5S/c1-15-19(25(32)33)11-18-10-17(13-31(18)23(15)16(2)21-12-28-7-9-35-21)24-29-20-6-8-30(14-22(20)37-24)26(34)36-27(3,4)5/h10-11,13,16,21,28H,6-9,12,14H2,1-5H3,(H,32,33). The van der Waals surface area contributed by atoms with Gasteiger partial charge in [-0.05, 0) is 45.4 Å². The summed E-state index contributed by atoms with van der Waals surface area (Å²) in [5, 5.41) is 14.2. The second-order valence-corrected chi connectivity index (χ2v) is 11.9. The molecule has 3 aromatic heterocycles. The maximum Gasteiger partial charge on any atom is 0.410 e. The predicted octanol–water partition coefficient (Wildman–Crippen LogP) is 4.45. The fourth-order valence-electron chi connectivity index (χ4n) is 5.16. The molecule has 1 fully saturated rings. The van der Waals surface area contributed by atoms with Crippen LogP contribution in [0.1, 0.15) is 65.8 Å². The first kappa shape index (κ1) is 25.7. The number of aromatic carboxylic acids is 1. The van der Waals surface area contributed by atoms with Crippen LogP contribution in [0, 0.1) is 6.92 Å². The number of hydrogen-bond donors (Lipinski definition) is 2. The van der Waals surface area contributed by atoms with E-state index in [4.69, 9.17) is 14.5 Å². The molecule has 2 atom stereocenters. The monoisotopic (exact) mass is 526 g/mol. The molecule has 1 saturated heterocycles. The van der Waals surface area contributed by atoms with Crippen molar-refractivity contribution in [2.45, 2.75) is 65.2 Å². The number of carboxylic acids is 1. The maximum absolute atomic E-state index is 12.6. The first-order chi connectivity index (χ1) is 17.5. The van der Waals surface area contributed by atoms with Gasteiger partial charge < -0.3 is 29.2 Å². The highest BCUT2D eigenvalue weighted by Gasteiger charge is 2.30. The van der Waals surface area contributed by atoms with E-state index in [1.165, 1.54) is 0 Å². The van der Waals surface area contributed by atoms with Crippen LogP contribution < -0.4 is 5.32 Å². The summed E-state index contributed by atoms with van der Waals surface area (Å²) in [5.41, 5.74) is 4.20. The average molecular weight is 527 g/mol. The number of rotatable bonds is 4. The third-order valence-corrected chi connectivity index (χ3v) is 8.13. The number of ether oxygens (including phenoxy) is 2. The number of morpholine rings is 1. The van der Waals surface area contributed by atoms with Crippen molar-refractivity contribution < 1.29 is 24.2 Å². The summed E-state index contributed by atoms with van der Waals surface area (Å²) in [6.45, 7) is 12.8. The van der Waals surface area contributed by atoms with E-state index >= 15 is 0 Å². The van der Waals surface area contributed by atoms with Crippen LogP contribution in [-0.4, -0.2) is 69.4 Å². The zero-order chi connectivity index (χ0) is 26.5. The maximum atomic E-state index is 12.6. The van der Waals surface area contributed by atoms with Crippen molar-refractivity contribution >= 4 is 28.9 Å². The van der Waals surface area contributed by atoms with Crippen molar-refractivity contribution in [3.8, 4) is 10.6 Å². The molecule has 2 unspecified atom stereocenters. The van der Waals surface area contributed by atoms with Gasteiger partial charge in [0.15, 0.2) is 0 Å². The molecule has 0 spiro atoms. The van der Waals surface area contributed by atoms with Crippen LogP contribution >= 0.6 is 11.3 Å². The second kappa shape index (κ2) is 9.74. The molecule has 5 rings (SSSR count). The van der Waals surface area contributed by atoms with E-state index in [9.17, 15) is 14.7 Å². The molecule has 10 heteroatoms. The number of thiazole rings is 1. The predicted molar refractivity (Wildman–Crippen MR) is 142 cm³/mol. The molecule has 2 N–H and O–H groups in total. The molecule has 2 aliphatic heterocycles. The van der Waals surface area contributed by atoms with E-state index in [1.54, 1.807) is 22.3 Å². The Hall–Kier alpha value is -2.95. The van der Waals surface area contributed by atoms with Crippen LogP contribution in [-0.2, 0) is 22.4 Å². The first-order valence-electron chi connectivity index (χ1n) is 12.7. The number of aromatic nitrogens is 2. The molecule has 3 aromatic rings. The Kier molecular flexibility index (Phi) is 6.76. The van der Waals surface area contributed by atoms with Crippen molar-refractivity contribution in [1.82, 2.24) is 19.6 Å². The Labute approximate surface area is 220 Å². The van der Waals surface area contributed by atoms with E-state index in [2.05, 4.69) is 16.6 Å². The fraction of sp³-hybridized carbons (Fsp3) is 0.519. The summed E-state index contributed by atoms with van der Waals surface area (Å²) in [4.78, 5) is 32.4. The summed E-state index contributed by atoms with van der Waals surface area (Å²) >= 11 is 1.57. The molecular weight excluding hydrogens is 492 g/mol. The van der Waals surface area contributed by atoms with Crippen LogP contribution in [0.3, 0.4) is 0 Å². The number of hydrogen-bond acceptors (Lipinski definition) is 7. The molecule has 0 aromatic carbocycles. The number of nitrogens with one attached hydrogen (secondary N) is 1. The minimum Gasteiger partial charge on any atom is -0.478 e. The number of fused-ring (bicyclic) bond motifs is 2. The van der Waals surface area contributed by atoms with E-state index < -0.39 is 11.6 Å². The van der Waals surface area contributed by atoms with Gasteiger partial charge in [0, 0.05) is 59.8 Å². The molecular formula is C27H34N4O5S. The summed E-state index contributed by atoms with van der Waals surface area (Å²) in [6, 6.07) is 3.73. The lowest BCUT2D eigenvalue weighted by Gasteiger charge is -2.30. The van der Waals surface area contributed by atoms with Crippen LogP contribution in [0.25, 0.3) is 16.1 Å². The van der Waals surface area contributed by atoms with Gasteiger partial charge in [-0.3, -0.25) is 0 Å². The minimum atomic E-state index is -0.939. The highest BCUT2D eigenvalue weighted by atomic mass is 32.1. The smallest absolute Gasteiger partial charge is 0.410 e. The van der Waals surface area contributed by atoms with Gasteiger partial charge in [0.25, 0.3) is 0 Å². The molecule has 37 heavy (non-hydrogen) atoms. The molecule has 198 valence electrons. The molecule has 0 radical (unpaired) electrons. The Bertz CT molecular complexity index is 1350. The Balaban J connectivity index is 1.50. The number of carbonyl (C=O) groups excluding carboxylic acids is 1. The van der Waals surface area contributed by atoms with Crippen LogP contribution in [0.4, 0.5) is 4.79 Å². The van der Waals surface area contributed by atoms with Gasteiger partial charge >= 0.3 is 12.1 Å². The Morgan fingerprint density at radius 3 is 2.78 bits per heavy atom. The zero-order valence-electron chi connectivity index (χ0n) is 22.0. The fourth-order valence-corrected chi connectivity index (χ4v) is 6.26. The lowest BCUT2D eigenvalue weighted by atomic mass is 9.93. The summed E-state index contributed by atoms with van der Waals surface area (Å²) in [5.74, 6) is -0.951. The minimum absolute atomic E-state index is 0.0123. The van der Waals surface area contributed by atoms with Crippen molar-refractivity contribution in [3.63, 3.8) is 0 Å². The highest BCUT2D eigenvalue weighted by Crippen LogP contribution is 2.36. The van der Waals surface area contributed by atoms with Gasteiger partial charge in [-0.2, -0.15) is 0 Å². The van der Waals surface area contributed by atoms with Gasteiger partial charge in [0.05, 0.1) is 30.5 Å². The lowest BCUT2D eigenvalue weighted by Crippen LogP contribution is -2.41. The highest BCUT2D eigenvalue weighted by molar-refractivity contribution is 7.15. The molecule has 5 heterocycles. The van der Waals surface area contributed by atoms with Gasteiger partial charge in [-0.15, -0.1) is 11.3 Å². The van der Waals surface area contributed by atoms with Gasteiger partial charge in [0.1, 0.15) is 10.6 Å². The summed E-state index contributed by atoms with van der Waals surface area (Å²) in [7, 11) is 0. The Morgan fingerprint density at radius 2 is 2.11 bits per heavy atom. The van der Waals surface area contributed by atoms with Crippen molar-refractivity contribution in [2.24, 2.45) is 0 Å². The van der Waals surface area contributed by atoms with Gasteiger partial charge in [0.2, 0.25) is 0 Å². The van der Waals surface area contributed by atoms with Crippen LogP contribution in [0.2, 0.25) is 0 Å². The van der Waals surface area contributed by atoms with Crippen molar-refractivity contribution in [3.05, 3.63) is 45.7 Å². The molecule has 2 aliphatic rings. The molecule has 0 aliphatic carbocycles. The third-order valence-electron chi connectivity index (χ3n) is 7.00. The van der Waals surface area contributed by atoms with E-state index in [0.29, 0.717) is 31.7 Å². The van der Waals surface area contributed by atoms with Crippen molar-refractivity contribution in [2.75, 3.05) is 26.2 Å². The van der Waals surface area contributed by atoms with Crippen LogP contribution in [0.5, 0.6) is 0 Å². The lowest BCUT2D eigenvalue weighted by molar-refractivity contribution is 0.0135. The molecule has 0 saturated carbocycles. The van der Waals surface area contributed by atoms with E-state index in [1.807, 2.05) is 40.0 Å². The average Bonchev–Trinajstić information content (AvgIpc) is 3.46. The Morgan fingerprint density at radius 1 is 1.32 bits per heavy atom. The quantitative estimate of drug-likeness (QED) is 0.517. The molecule has 1 amide bonds. The number of carbonyl (C=O) groups is 2. The van der Waals surface area contributed by atoms with E-state index in [0.717, 1.165) is 51.0 Å². The SMILES string of the molecule is Cc1c(C(=O)O)cc2cc(-c3nc4c(s3)CN(C(=O)OC(C)(C)C)CC4)cn2c1C(C)C1CNCCO1. The third kappa shape index (κ3) is 5.10. The van der Waals surface area contributed by atoms with Gasteiger partial charge in [-0.1, -0.05) is 6.92 Å². The van der Waals surface area contributed by atoms with Crippen LogP contribution in [0.15, 0.2) is 18.3 Å². The number of pyridine rings is 1.